The summed E-state index contributed by atoms with van der Waals surface area (Å²) >= 11 is 0. The maximum absolute atomic E-state index is 11.5. The molecule has 1 aromatic rings. The summed E-state index contributed by atoms with van der Waals surface area (Å²) in [7, 11) is -3.71. The molecule has 0 fully saturated rings. The summed E-state index contributed by atoms with van der Waals surface area (Å²) in [5, 5.41) is 8.47. The average Bonchev–Trinajstić information content (AvgIpc) is 2.26. The van der Waals surface area contributed by atoms with E-state index in [0.717, 1.165) is 12.0 Å². The van der Waals surface area contributed by atoms with E-state index in [9.17, 15) is 8.42 Å². The van der Waals surface area contributed by atoms with Crippen molar-refractivity contribution in [2.24, 2.45) is 0 Å². The molecule has 0 atom stereocenters. The first kappa shape index (κ1) is 12.2. The molecule has 1 rings (SSSR count). The lowest BCUT2D eigenvalue weighted by atomic mass is 10.2. The number of rotatable bonds is 5. The minimum Gasteiger partial charge on any atom is -0.394 e. The van der Waals surface area contributed by atoms with Gasteiger partial charge in [0.05, 0.1) is 18.1 Å². The van der Waals surface area contributed by atoms with Crippen molar-refractivity contribution in [3.8, 4) is 0 Å². The molecule has 0 bridgehead atoms. The van der Waals surface area contributed by atoms with Gasteiger partial charge in [0.1, 0.15) is 0 Å². The number of benzene rings is 1. The van der Waals surface area contributed by atoms with Crippen LogP contribution in [0.15, 0.2) is 29.2 Å². The van der Waals surface area contributed by atoms with Gasteiger partial charge >= 0.3 is 0 Å². The Kier molecular flexibility index (Phi) is 4.26. The smallest absolute Gasteiger partial charge is 0.297 e. The van der Waals surface area contributed by atoms with Crippen molar-refractivity contribution >= 4 is 10.1 Å². The van der Waals surface area contributed by atoms with Gasteiger partial charge in [0.25, 0.3) is 10.1 Å². The third-order valence-electron chi connectivity index (χ3n) is 1.95. The van der Waals surface area contributed by atoms with Gasteiger partial charge in [-0.05, 0) is 24.1 Å². The lowest BCUT2D eigenvalue weighted by Gasteiger charge is -2.04. The molecule has 5 heteroatoms. The first-order chi connectivity index (χ1) is 7.10. The third kappa shape index (κ3) is 3.30. The van der Waals surface area contributed by atoms with E-state index in [1.807, 2.05) is 6.92 Å². The number of hydrogen-bond donors (Lipinski definition) is 1. The number of aryl methyl sites for hydroxylation is 1. The zero-order valence-corrected chi connectivity index (χ0v) is 9.33. The Bertz CT molecular complexity index is 394. The minimum atomic E-state index is -3.71. The molecule has 0 spiro atoms. The Hall–Kier alpha value is -0.910. The average molecular weight is 230 g/mol. The summed E-state index contributed by atoms with van der Waals surface area (Å²) < 4.78 is 27.5. The van der Waals surface area contributed by atoms with E-state index in [1.165, 1.54) is 12.1 Å². The van der Waals surface area contributed by atoms with Crippen LogP contribution in [0, 0.1) is 0 Å². The van der Waals surface area contributed by atoms with Gasteiger partial charge in [-0.2, -0.15) is 8.42 Å². The molecule has 0 unspecified atom stereocenters. The fourth-order valence-electron chi connectivity index (χ4n) is 1.11. The molecular formula is C10H14O4S. The highest BCUT2D eigenvalue weighted by atomic mass is 32.2. The standard InChI is InChI=1S/C10H14O4S/c1-2-9-3-5-10(6-4-9)15(12,13)14-8-7-11/h3-6,11H,2,7-8H2,1H3. The van der Waals surface area contributed by atoms with Crippen molar-refractivity contribution in [2.45, 2.75) is 18.2 Å². The predicted molar refractivity (Wildman–Crippen MR) is 56.0 cm³/mol. The Balaban J connectivity index is 2.86. The van der Waals surface area contributed by atoms with E-state index in [4.69, 9.17) is 5.11 Å². The molecule has 0 aliphatic heterocycles. The highest BCUT2D eigenvalue weighted by Crippen LogP contribution is 2.13. The highest BCUT2D eigenvalue weighted by Gasteiger charge is 2.13. The van der Waals surface area contributed by atoms with Crippen molar-refractivity contribution in [3.05, 3.63) is 29.8 Å². The van der Waals surface area contributed by atoms with Crippen LogP contribution in [-0.2, 0) is 20.7 Å². The van der Waals surface area contributed by atoms with Gasteiger partial charge < -0.3 is 5.11 Å². The van der Waals surface area contributed by atoms with Crippen LogP contribution >= 0.6 is 0 Å². The van der Waals surface area contributed by atoms with Crippen molar-refractivity contribution in [2.75, 3.05) is 13.2 Å². The van der Waals surface area contributed by atoms with Gasteiger partial charge in [0.15, 0.2) is 0 Å². The zero-order chi connectivity index (χ0) is 11.3. The molecule has 0 aliphatic rings. The lowest BCUT2D eigenvalue weighted by Crippen LogP contribution is -2.09. The van der Waals surface area contributed by atoms with Crippen LogP contribution in [-0.4, -0.2) is 26.7 Å². The largest absolute Gasteiger partial charge is 0.394 e. The maximum atomic E-state index is 11.5. The molecule has 0 saturated carbocycles. The van der Waals surface area contributed by atoms with Gasteiger partial charge in [0.2, 0.25) is 0 Å². The Labute approximate surface area is 89.6 Å². The van der Waals surface area contributed by atoms with E-state index >= 15 is 0 Å². The van der Waals surface area contributed by atoms with E-state index in [0.29, 0.717) is 0 Å². The topological polar surface area (TPSA) is 63.6 Å². The molecule has 0 aliphatic carbocycles. The Morgan fingerprint density at radius 1 is 1.27 bits per heavy atom. The SMILES string of the molecule is CCc1ccc(S(=O)(=O)OCCO)cc1. The quantitative estimate of drug-likeness (QED) is 0.765. The maximum Gasteiger partial charge on any atom is 0.297 e. The zero-order valence-electron chi connectivity index (χ0n) is 8.51. The first-order valence-electron chi connectivity index (χ1n) is 4.69. The lowest BCUT2D eigenvalue weighted by molar-refractivity contribution is 0.205. The van der Waals surface area contributed by atoms with E-state index < -0.39 is 10.1 Å². The van der Waals surface area contributed by atoms with Crippen molar-refractivity contribution in [1.82, 2.24) is 0 Å². The van der Waals surface area contributed by atoms with Crippen LogP contribution in [0.1, 0.15) is 12.5 Å². The summed E-state index contributed by atoms with van der Waals surface area (Å²) in [5.74, 6) is 0. The van der Waals surface area contributed by atoms with Crippen LogP contribution in [0.3, 0.4) is 0 Å². The monoisotopic (exact) mass is 230 g/mol. The molecule has 0 aromatic heterocycles. The summed E-state index contributed by atoms with van der Waals surface area (Å²) in [4.78, 5) is 0.119. The van der Waals surface area contributed by atoms with Crippen LogP contribution in [0.2, 0.25) is 0 Å². The highest BCUT2D eigenvalue weighted by molar-refractivity contribution is 7.86. The molecule has 4 nitrogen and oxygen atoms in total. The number of hydrogen-bond acceptors (Lipinski definition) is 4. The molecule has 0 saturated heterocycles. The molecule has 84 valence electrons. The number of aliphatic hydroxyl groups excluding tert-OH is 1. The van der Waals surface area contributed by atoms with Crippen LogP contribution < -0.4 is 0 Å². The van der Waals surface area contributed by atoms with Crippen molar-refractivity contribution in [1.29, 1.82) is 0 Å². The first-order valence-corrected chi connectivity index (χ1v) is 6.10. The molecule has 0 heterocycles. The number of aliphatic hydroxyl groups is 1. The second kappa shape index (κ2) is 5.25. The summed E-state index contributed by atoms with van der Waals surface area (Å²) in [5.41, 5.74) is 1.07. The second-order valence-corrected chi connectivity index (χ2v) is 4.61. The van der Waals surface area contributed by atoms with E-state index in [1.54, 1.807) is 12.1 Å². The molecule has 0 radical (unpaired) electrons. The van der Waals surface area contributed by atoms with Crippen molar-refractivity contribution < 1.29 is 17.7 Å². The molecule has 0 amide bonds. The molecule has 15 heavy (non-hydrogen) atoms. The fourth-order valence-corrected chi connectivity index (χ4v) is 2.01. The minimum absolute atomic E-state index is 0.119. The van der Waals surface area contributed by atoms with Crippen molar-refractivity contribution in [3.63, 3.8) is 0 Å². The van der Waals surface area contributed by atoms with Crippen LogP contribution in [0.25, 0.3) is 0 Å². The molecule has 1 aromatic carbocycles. The summed E-state index contributed by atoms with van der Waals surface area (Å²) in [6.07, 6.45) is 0.859. The second-order valence-electron chi connectivity index (χ2n) is 3.00. The van der Waals surface area contributed by atoms with Crippen LogP contribution in [0.5, 0.6) is 0 Å². The Morgan fingerprint density at radius 2 is 1.87 bits per heavy atom. The molecule has 1 N–H and O–H groups in total. The van der Waals surface area contributed by atoms with E-state index in [2.05, 4.69) is 4.18 Å². The Morgan fingerprint density at radius 3 is 2.33 bits per heavy atom. The van der Waals surface area contributed by atoms with Gasteiger partial charge in [-0.3, -0.25) is 4.18 Å². The predicted octanol–water partition coefficient (Wildman–Crippen LogP) is 0.947. The van der Waals surface area contributed by atoms with Gasteiger partial charge in [0, 0.05) is 0 Å². The fraction of sp³-hybridized carbons (Fsp3) is 0.400. The molecular weight excluding hydrogens is 216 g/mol. The normalized spacial score (nSPS) is 11.6. The summed E-state index contributed by atoms with van der Waals surface area (Å²) in [6.45, 7) is 1.47. The van der Waals surface area contributed by atoms with Crippen LogP contribution in [0.4, 0.5) is 0 Å². The third-order valence-corrected chi connectivity index (χ3v) is 3.28. The van der Waals surface area contributed by atoms with E-state index in [-0.39, 0.29) is 18.1 Å². The van der Waals surface area contributed by atoms with Gasteiger partial charge in [-0.1, -0.05) is 19.1 Å². The summed E-state index contributed by atoms with van der Waals surface area (Å²) in [6, 6.07) is 6.50. The van der Waals surface area contributed by atoms with Gasteiger partial charge in [-0.15, -0.1) is 0 Å². The van der Waals surface area contributed by atoms with Gasteiger partial charge in [-0.25, -0.2) is 0 Å².